The molecule has 1 saturated heterocycles. The number of rotatable bonds is 4. The van der Waals surface area contributed by atoms with Crippen LogP contribution in [0.3, 0.4) is 0 Å². The molecule has 0 atom stereocenters. The predicted molar refractivity (Wildman–Crippen MR) is 115 cm³/mol. The van der Waals surface area contributed by atoms with Crippen molar-refractivity contribution in [3.63, 3.8) is 0 Å². The summed E-state index contributed by atoms with van der Waals surface area (Å²) in [4.78, 5) is 16.9. The van der Waals surface area contributed by atoms with E-state index in [-0.39, 0.29) is 5.91 Å². The van der Waals surface area contributed by atoms with Crippen molar-refractivity contribution in [2.24, 2.45) is 0 Å². The molecule has 6 nitrogen and oxygen atoms in total. The van der Waals surface area contributed by atoms with Crippen molar-refractivity contribution < 1.29 is 9.53 Å². The van der Waals surface area contributed by atoms with Gasteiger partial charge in [-0.25, -0.2) is 0 Å². The lowest BCUT2D eigenvalue weighted by atomic mass is 10.1. The SMILES string of the molecule is COc1ccc(-c2cc(N3CCCN(C(=O)c4cccc(Cl)c4)CC3)n[nH]2)cc1. The van der Waals surface area contributed by atoms with Gasteiger partial charge in [0.1, 0.15) is 5.75 Å². The minimum absolute atomic E-state index is 0.0234. The average molecular weight is 411 g/mol. The van der Waals surface area contributed by atoms with E-state index in [1.807, 2.05) is 41.3 Å². The highest BCUT2D eigenvalue weighted by Gasteiger charge is 2.22. The average Bonchev–Trinajstić information content (AvgIpc) is 3.11. The van der Waals surface area contributed by atoms with E-state index in [4.69, 9.17) is 16.3 Å². The molecule has 150 valence electrons. The standard InChI is InChI=1S/C22H23ClN4O2/c1-29-19-8-6-16(7-9-19)20-15-21(25-24-20)26-10-3-11-27(13-12-26)22(28)17-4-2-5-18(23)14-17/h2,4-9,14-15H,3,10-13H2,1H3,(H,24,25). The zero-order chi connectivity index (χ0) is 20.2. The number of hydrogen-bond acceptors (Lipinski definition) is 4. The summed E-state index contributed by atoms with van der Waals surface area (Å²) in [6.45, 7) is 2.96. The first-order chi connectivity index (χ1) is 14.1. The van der Waals surface area contributed by atoms with Crippen LogP contribution in [0.1, 0.15) is 16.8 Å². The molecule has 0 spiro atoms. The number of anilines is 1. The maximum atomic E-state index is 12.8. The number of halogens is 1. The van der Waals surface area contributed by atoms with Gasteiger partial charge in [0.05, 0.1) is 12.8 Å². The number of carbonyl (C=O) groups excluding carboxylic acids is 1. The molecule has 1 amide bonds. The zero-order valence-corrected chi connectivity index (χ0v) is 17.0. The molecule has 4 rings (SSSR count). The van der Waals surface area contributed by atoms with Crippen molar-refractivity contribution in [1.29, 1.82) is 0 Å². The molecule has 0 radical (unpaired) electrons. The smallest absolute Gasteiger partial charge is 0.253 e. The second-order valence-electron chi connectivity index (χ2n) is 7.01. The monoisotopic (exact) mass is 410 g/mol. The van der Waals surface area contributed by atoms with Crippen LogP contribution < -0.4 is 9.64 Å². The van der Waals surface area contributed by atoms with Crippen LogP contribution in [0.15, 0.2) is 54.6 Å². The zero-order valence-electron chi connectivity index (χ0n) is 16.3. The number of aromatic amines is 1. The van der Waals surface area contributed by atoms with Crippen molar-refractivity contribution in [2.75, 3.05) is 38.2 Å². The number of methoxy groups -OCH3 is 1. The number of ether oxygens (including phenoxy) is 1. The molecule has 3 aromatic rings. The van der Waals surface area contributed by atoms with E-state index in [9.17, 15) is 4.79 Å². The van der Waals surface area contributed by atoms with Gasteiger partial charge in [-0.15, -0.1) is 0 Å². The van der Waals surface area contributed by atoms with E-state index < -0.39 is 0 Å². The fourth-order valence-corrected chi connectivity index (χ4v) is 3.74. The van der Waals surface area contributed by atoms with Gasteiger partial charge in [-0.3, -0.25) is 9.89 Å². The van der Waals surface area contributed by atoms with Crippen LogP contribution >= 0.6 is 11.6 Å². The Morgan fingerprint density at radius 2 is 1.90 bits per heavy atom. The van der Waals surface area contributed by atoms with Crippen molar-refractivity contribution in [3.05, 3.63) is 65.2 Å². The highest BCUT2D eigenvalue weighted by molar-refractivity contribution is 6.30. The molecule has 2 aromatic carbocycles. The lowest BCUT2D eigenvalue weighted by molar-refractivity contribution is 0.0767. The Kier molecular flexibility index (Phi) is 5.71. The minimum Gasteiger partial charge on any atom is -0.497 e. The lowest BCUT2D eigenvalue weighted by Gasteiger charge is -2.22. The third-order valence-electron chi connectivity index (χ3n) is 5.14. The second kappa shape index (κ2) is 8.57. The summed E-state index contributed by atoms with van der Waals surface area (Å²) in [5, 5.41) is 8.18. The summed E-state index contributed by atoms with van der Waals surface area (Å²) >= 11 is 6.04. The number of carbonyl (C=O) groups is 1. The van der Waals surface area contributed by atoms with Gasteiger partial charge in [0.25, 0.3) is 5.91 Å². The van der Waals surface area contributed by atoms with Gasteiger partial charge in [0.2, 0.25) is 0 Å². The van der Waals surface area contributed by atoms with Gasteiger partial charge < -0.3 is 14.5 Å². The number of hydrogen-bond donors (Lipinski definition) is 1. The second-order valence-corrected chi connectivity index (χ2v) is 7.45. The summed E-state index contributed by atoms with van der Waals surface area (Å²) in [5.41, 5.74) is 2.64. The Morgan fingerprint density at radius 3 is 2.66 bits per heavy atom. The molecular formula is C22H23ClN4O2. The van der Waals surface area contributed by atoms with Gasteiger partial charge in [-0.1, -0.05) is 17.7 Å². The summed E-state index contributed by atoms with van der Waals surface area (Å²) in [6, 6.07) is 17.0. The molecule has 1 N–H and O–H groups in total. The molecule has 7 heteroatoms. The minimum atomic E-state index is 0.0234. The van der Waals surface area contributed by atoms with Gasteiger partial charge in [-0.2, -0.15) is 5.10 Å². The molecule has 0 bridgehead atoms. The third kappa shape index (κ3) is 4.38. The van der Waals surface area contributed by atoms with Crippen molar-refractivity contribution >= 4 is 23.3 Å². The van der Waals surface area contributed by atoms with Crippen LogP contribution in [-0.4, -0.2) is 54.3 Å². The van der Waals surface area contributed by atoms with Crippen LogP contribution in [0.4, 0.5) is 5.82 Å². The molecule has 1 aliphatic rings. The molecule has 29 heavy (non-hydrogen) atoms. The number of nitrogens with one attached hydrogen (secondary N) is 1. The van der Waals surface area contributed by atoms with Gasteiger partial charge in [0, 0.05) is 42.8 Å². The fraction of sp³-hybridized carbons (Fsp3) is 0.273. The van der Waals surface area contributed by atoms with E-state index in [1.165, 1.54) is 0 Å². The van der Waals surface area contributed by atoms with Crippen molar-refractivity contribution in [1.82, 2.24) is 15.1 Å². The summed E-state index contributed by atoms with van der Waals surface area (Å²) in [5.74, 6) is 1.74. The van der Waals surface area contributed by atoms with Crippen LogP contribution in [0.2, 0.25) is 5.02 Å². The van der Waals surface area contributed by atoms with E-state index in [2.05, 4.69) is 21.2 Å². The largest absolute Gasteiger partial charge is 0.497 e. The first-order valence-electron chi connectivity index (χ1n) is 9.63. The molecule has 0 saturated carbocycles. The molecule has 0 unspecified atom stereocenters. The molecule has 1 fully saturated rings. The van der Waals surface area contributed by atoms with Crippen molar-refractivity contribution in [2.45, 2.75) is 6.42 Å². The molecular weight excluding hydrogens is 388 g/mol. The molecule has 1 aliphatic heterocycles. The number of nitrogens with zero attached hydrogens (tertiary/aromatic N) is 3. The fourth-order valence-electron chi connectivity index (χ4n) is 3.55. The summed E-state index contributed by atoms with van der Waals surface area (Å²) in [7, 11) is 1.66. The van der Waals surface area contributed by atoms with Crippen LogP contribution in [0, 0.1) is 0 Å². The van der Waals surface area contributed by atoms with Gasteiger partial charge >= 0.3 is 0 Å². The maximum Gasteiger partial charge on any atom is 0.253 e. The van der Waals surface area contributed by atoms with Gasteiger partial charge in [-0.05, 0) is 54.4 Å². The quantitative estimate of drug-likeness (QED) is 0.703. The third-order valence-corrected chi connectivity index (χ3v) is 5.38. The lowest BCUT2D eigenvalue weighted by Crippen LogP contribution is -2.35. The number of amides is 1. The first kappa shape index (κ1) is 19.3. The summed E-state index contributed by atoms with van der Waals surface area (Å²) < 4.78 is 5.21. The van der Waals surface area contributed by atoms with Crippen LogP contribution in [0.25, 0.3) is 11.3 Å². The van der Waals surface area contributed by atoms with Crippen LogP contribution in [0.5, 0.6) is 5.75 Å². The van der Waals surface area contributed by atoms with E-state index in [1.54, 1.807) is 19.2 Å². The molecule has 2 heterocycles. The Balaban J connectivity index is 1.43. The molecule has 1 aromatic heterocycles. The molecule has 0 aliphatic carbocycles. The maximum absolute atomic E-state index is 12.8. The van der Waals surface area contributed by atoms with E-state index in [0.29, 0.717) is 17.1 Å². The normalized spacial score (nSPS) is 14.6. The number of benzene rings is 2. The number of aromatic nitrogens is 2. The van der Waals surface area contributed by atoms with Crippen LogP contribution in [-0.2, 0) is 0 Å². The predicted octanol–water partition coefficient (Wildman–Crippen LogP) is 4.09. The Hall–Kier alpha value is -2.99. The highest BCUT2D eigenvalue weighted by atomic mass is 35.5. The Morgan fingerprint density at radius 1 is 1.07 bits per heavy atom. The summed E-state index contributed by atoms with van der Waals surface area (Å²) in [6.07, 6.45) is 0.886. The van der Waals surface area contributed by atoms with E-state index >= 15 is 0 Å². The highest BCUT2D eigenvalue weighted by Crippen LogP contribution is 2.25. The number of H-pyrrole nitrogens is 1. The Labute approximate surface area is 175 Å². The van der Waals surface area contributed by atoms with Crippen molar-refractivity contribution in [3.8, 4) is 17.0 Å². The van der Waals surface area contributed by atoms with E-state index in [0.717, 1.165) is 48.9 Å². The first-order valence-corrected chi connectivity index (χ1v) is 10.0. The topological polar surface area (TPSA) is 61.5 Å². The Bertz CT molecular complexity index is 986. The van der Waals surface area contributed by atoms with Gasteiger partial charge in [0.15, 0.2) is 5.82 Å².